The Morgan fingerprint density at radius 2 is 1.22 bits per heavy atom. The lowest BCUT2D eigenvalue weighted by atomic mass is 9.94. The molecule has 0 saturated carbocycles. The molecule has 0 radical (unpaired) electrons. The number of nitrogens with two attached hydrogens (primary N) is 1. The first-order valence-corrected chi connectivity index (χ1v) is 9.31. The van der Waals surface area contributed by atoms with E-state index in [9.17, 15) is 4.39 Å². The van der Waals surface area contributed by atoms with Crippen LogP contribution < -0.4 is 5.73 Å². The second-order valence-electron chi connectivity index (χ2n) is 6.90. The molecule has 0 saturated heterocycles. The van der Waals surface area contributed by atoms with Gasteiger partial charge in [0, 0.05) is 0 Å². The average Bonchev–Trinajstić information content (AvgIpc) is 2.56. The van der Waals surface area contributed by atoms with Gasteiger partial charge in [-0.1, -0.05) is 57.1 Å². The van der Waals surface area contributed by atoms with Gasteiger partial charge in [-0.2, -0.15) is 0 Å². The third kappa shape index (κ3) is 13.7. The summed E-state index contributed by atoms with van der Waals surface area (Å²) >= 11 is 0. The predicted octanol–water partition coefficient (Wildman–Crippen LogP) is 4.27. The van der Waals surface area contributed by atoms with Crippen LogP contribution in [0.4, 0.5) is 4.39 Å². The fourth-order valence-corrected chi connectivity index (χ4v) is 2.72. The zero-order chi connectivity index (χ0) is 17.4. The molecule has 0 atom stereocenters. The third-order valence-corrected chi connectivity index (χ3v) is 4.50. The van der Waals surface area contributed by atoms with Crippen LogP contribution in [-0.4, -0.2) is 35.6 Å². The molecule has 0 aromatic heterocycles. The van der Waals surface area contributed by atoms with E-state index in [1.165, 1.54) is 37.7 Å². The summed E-state index contributed by atoms with van der Waals surface area (Å²) in [5, 5.41) is 18.2. The Hall–Kier alpha value is -0.450. The van der Waals surface area contributed by atoms with Gasteiger partial charge in [-0.25, -0.2) is 0 Å². The van der Waals surface area contributed by atoms with Crippen molar-refractivity contribution in [2.75, 3.05) is 19.9 Å². The zero-order valence-electron chi connectivity index (χ0n) is 14.9. The number of aliphatic hydroxyl groups excluding tert-OH is 2. The molecule has 4 N–H and O–H groups in total. The molecule has 0 heterocycles. The first kappa shape index (κ1) is 22.6. The molecule has 0 aliphatic heterocycles. The minimum Gasteiger partial charge on any atom is -0.394 e. The lowest BCUT2D eigenvalue weighted by molar-refractivity contribution is 0.112. The molecule has 0 rings (SSSR count). The quantitative estimate of drug-likeness (QED) is 0.275. The molecule has 0 fully saturated rings. The van der Waals surface area contributed by atoms with Crippen LogP contribution in [-0.2, 0) is 0 Å². The first-order valence-electron chi connectivity index (χ1n) is 9.31. The van der Waals surface area contributed by atoms with Crippen molar-refractivity contribution in [3.05, 3.63) is 12.2 Å². The van der Waals surface area contributed by atoms with Crippen molar-refractivity contribution in [3.8, 4) is 0 Å². The lowest BCUT2D eigenvalue weighted by Crippen LogP contribution is -2.47. The molecule has 23 heavy (non-hydrogen) atoms. The normalized spacial score (nSPS) is 11.8. The second kappa shape index (κ2) is 15.1. The van der Waals surface area contributed by atoms with Gasteiger partial charge < -0.3 is 15.9 Å². The largest absolute Gasteiger partial charge is 0.394 e. The minimum atomic E-state index is -0.807. The number of hydrogen-bond donors (Lipinski definition) is 3. The van der Waals surface area contributed by atoms with Crippen molar-refractivity contribution in [2.24, 2.45) is 5.73 Å². The van der Waals surface area contributed by atoms with Gasteiger partial charge in [-0.15, -0.1) is 0 Å². The number of halogens is 1. The molecule has 3 nitrogen and oxygen atoms in total. The van der Waals surface area contributed by atoms with Crippen molar-refractivity contribution in [1.82, 2.24) is 0 Å². The van der Waals surface area contributed by atoms with Crippen LogP contribution in [0.1, 0.15) is 83.5 Å². The standard InChI is InChI=1S/C19H38FNO2/c1-18(13-9-5-3-7-11-15-20)12-8-4-2-6-10-14-19(21,16-22)17-23/h22-23H,1-17,21H2. The topological polar surface area (TPSA) is 66.5 Å². The van der Waals surface area contributed by atoms with E-state index >= 15 is 0 Å². The van der Waals surface area contributed by atoms with Gasteiger partial charge in [0.15, 0.2) is 0 Å². The van der Waals surface area contributed by atoms with E-state index < -0.39 is 5.54 Å². The first-order chi connectivity index (χ1) is 11.1. The van der Waals surface area contributed by atoms with E-state index in [2.05, 4.69) is 6.58 Å². The number of unbranched alkanes of at least 4 members (excludes halogenated alkanes) is 8. The Balaban J connectivity index is 3.36. The summed E-state index contributed by atoms with van der Waals surface area (Å²) < 4.78 is 11.9. The van der Waals surface area contributed by atoms with Crippen molar-refractivity contribution in [1.29, 1.82) is 0 Å². The van der Waals surface area contributed by atoms with Crippen LogP contribution in [0.5, 0.6) is 0 Å². The van der Waals surface area contributed by atoms with Crippen LogP contribution in [0.15, 0.2) is 12.2 Å². The molecule has 0 aliphatic carbocycles. The Labute approximate surface area is 142 Å². The molecule has 0 amide bonds. The molecule has 0 aromatic carbocycles. The Bertz CT molecular complexity index is 281. The summed E-state index contributed by atoms with van der Waals surface area (Å²) in [6.45, 7) is 3.65. The molecule has 0 aliphatic rings. The smallest absolute Gasteiger partial charge is 0.0894 e. The van der Waals surface area contributed by atoms with Crippen molar-refractivity contribution < 1.29 is 14.6 Å². The zero-order valence-corrected chi connectivity index (χ0v) is 14.9. The number of rotatable bonds is 17. The maximum absolute atomic E-state index is 11.9. The highest BCUT2D eigenvalue weighted by molar-refractivity contribution is 4.93. The van der Waals surface area contributed by atoms with E-state index in [0.717, 1.165) is 38.5 Å². The molecule has 138 valence electrons. The lowest BCUT2D eigenvalue weighted by Gasteiger charge is -2.24. The fourth-order valence-electron chi connectivity index (χ4n) is 2.72. The number of hydrogen-bond acceptors (Lipinski definition) is 3. The van der Waals surface area contributed by atoms with Crippen molar-refractivity contribution >= 4 is 0 Å². The summed E-state index contributed by atoms with van der Waals surface area (Å²) in [6, 6.07) is 0. The summed E-state index contributed by atoms with van der Waals surface area (Å²) in [4.78, 5) is 0. The van der Waals surface area contributed by atoms with Crippen molar-refractivity contribution in [2.45, 2.75) is 89.0 Å². The fraction of sp³-hybridized carbons (Fsp3) is 0.895. The van der Waals surface area contributed by atoms with E-state index in [0.29, 0.717) is 12.8 Å². The molecule has 0 aromatic rings. The molecular formula is C19H38FNO2. The average molecular weight is 332 g/mol. The highest BCUT2D eigenvalue weighted by atomic mass is 19.1. The van der Waals surface area contributed by atoms with Gasteiger partial charge in [0.1, 0.15) is 0 Å². The van der Waals surface area contributed by atoms with Gasteiger partial charge in [0.2, 0.25) is 0 Å². The summed E-state index contributed by atoms with van der Waals surface area (Å²) in [5.74, 6) is 0. The number of allylic oxidation sites excluding steroid dienone is 1. The van der Waals surface area contributed by atoms with E-state index in [1.54, 1.807) is 0 Å². The molecule has 0 unspecified atom stereocenters. The van der Waals surface area contributed by atoms with Crippen LogP contribution in [0.2, 0.25) is 0 Å². The highest BCUT2D eigenvalue weighted by Gasteiger charge is 2.21. The van der Waals surface area contributed by atoms with Gasteiger partial charge in [0.25, 0.3) is 0 Å². The van der Waals surface area contributed by atoms with E-state index in [-0.39, 0.29) is 19.9 Å². The summed E-state index contributed by atoms with van der Waals surface area (Å²) in [7, 11) is 0. The molecule has 0 bridgehead atoms. The highest BCUT2D eigenvalue weighted by Crippen LogP contribution is 2.17. The van der Waals surface area contributed by atoms with E-state index in [4.69, 9.17) is 15.9 Å². The van der Waals surface area contributed by atoms with Gasteiger partial charge in [0.05, 0.1) is 25.4 Å². The van der Waals surface area contributed by atoms with E-state index in [1.807, 2.05) is 0 Å². The van der Waals surface area contributed by atoms with Gasteiger partial charge in [-0.05, 0) is 38.5 Å². The second-order valence-corrected chi connectivity index (χ2v) is 6.90. The predicted molar refractivity (Wildman–Crippen MR) is 96.2 cm³/mol. The maximum Gasteiger partial charge on any atom is 0.0894 e. The van der Waals surface area contributed by atoms with Crippen molar-refractivity contribution in [3.63, 3.8) is 0 Å². The summed E-state index contributed by atoms with van der Waals surface area (Å²) in [5.41, 5.74) is 6.37. The van der Waals surface area contributed by atoms with Crippen LogP contribution in [0, 0.1) is 0 Å². The van der Waals surface area contributed by atoms with Crippen LogP contribution in [0.25, 0.3) is 0 Å². The number of alkyl halides is 1. The molecule has 0 spiro atoms. The van der Waals surface area contributed by atoms with Crippen LogP contribution >= 0.6 is 0 Å². The molecular weight excluding hydrogens is 293 g/mol. The Kier molecular flexibility index (Phi) is 14.8. The SMILES string of the molecule is C=C(CCCCCCCF)CCCCCCCC(N)(CO)CO. The Morgan fingerprint density at radius 1 is 0.783 bits per heavy atom. The van der Waals surface area contributed by atoms with Gasteiger partial charge in [-0.3, -0.25) is 4.39 Å². The minimum absolute atomic E-state index is 0.156. The maximum atomic E-state index is 11.9. The van der Waals surface area contributed by atoms with Crippen LogP contribution in [0.3, 0.4) is 0 Å². The third-order valence-electron chi connectivity index (χ3n) is 4.50. The summed E-state index contributed by atoms with van der Waals surface area (Å²) in [6.07, 6.45) is 13.7. The molecule has 4 heteroatoms. The number of aliphatic hydroxyl groups is 2. The Morgan fingerprint density at radius 3 is 1.70 bits per heavy atom. The van der Waals surface area contributed by atoms with Gasteiger partial charge >= 0.3 is 0 Å². The monoisotopic (exact) mass is 331 g/mol.